The van der Waals surface area contributed by atoms with Crippen molar-refractivity contribution >= 4 is 12.2 Å². The Hall–Kier alpha value is -0.640. The van der Waals surface area contributed by atoms with E-state index in [4.69, 9.17) is 12.2 Å². The predicted octanol–water partition coefficient (Wildman–Crippen LogP) is 3.58. The maximum atomic E-state index is 5.27. The molecular formula is C12H23N3S. The van der Waals surface area contributed by atoms with Crippen molar-refractivity contribution < 1.29 is 0 Å². The number of nitrogens with zero attached hydrogens (tertiary/aromatic N) is 2. The van der Waals surface area contributed by atoms with Crippen LogP contribution >= 0.6 is 12.2 Å². The standard InChI is InChI=1S/C12H23N3S/c1-11(2,3)7-9-13-14-10(16)15(9)8-12(4,5)6/h7-8H2,1-6H3,(H,14,16). The predicted molar refractivity (Wildman–Crippen MR) is 70.0 cm³/mol. The number of hydrogen-bond acceptors (Lipinski definition) is 2. The van der Waals surface area contributed by atoms with Crippen LogP contribution in [0.4, 0.5) is 0 Å². The first-order valence-corrected chi connectivity index (χ1v) is 6.13. The van der Waals surface area contributed by atoms with Crippen LogP contribution in [0.3, 0.4) is 0 Å². The van der Waals surface area contributed by atoms with E-state index in [2.05, 4.69) is 56.3 Å². The molecule has 0 fully saturated rings. The Morgan fingerprint density at radius 3 is 2.12 bits per heavy atom. The van der Waals surface area contributed by atoms with Gasteiger partial charge in [0.05, 0.1) is 0 Å². The zero-order valence-electron chi connectivity index (χ0n) is 11.2. The Balaban J connectivity index is 3.00. The fourth-order valence-electron chi connectivity index (χ4n) is 1.60. The molecule has 0 spiro atoms. The highest BCUT2D eigenvalue weighted by Crippen LogP contribution is 2.22. The average Bonchev–Trinajstić information content (AvgIpc) is 2.30. The number of aromatic nitrogens is 3. The molecule has 0 bridgehead atoms. The molecule has 1 rings (SSSR count). The summed E-state index contributed by atoms with van der Waals surface area (Å²) < 4.78 is 2.86. The van der Waals surface area contributed by atoms with E-state index in [9.17, 15) is 0 Å². The summed E-state index contributed by atoms with van der Waals surface area (Å²) in [7, 11) is 0. The SMILES string of the molecule is CC(C)(C)Cc1n[nH]c(=S)n1CC(C)(C)C. The first-order valence-electron chi connectivity index (χ1n) is 5.73. The van der Waals surface area contributed by atoms with Gasteiger partial charge in [-0.25, -0.2) is 0 Å². The summed E-state index contributed by atoms with van der Waals surface area (Å²) in [5, 5.41) is 7.23. The lowest BCUT2D eigenvalue weighted by Gasteiger charge is -2.22. The van der Waals surface area contributed by atoms with E-state index < -0.39 is 0 Å². The van der Waals surface area contributed by atoms with Gasteiger partial charge >= 0.3 is 0 Å². The van der Waals surface area contributed by atoms with Crippen LogP contribution < -0.4 is 0 Å². The summed E-state index contributed by atoms with van der Waals surface area (Å²) in [4.78, 5) is 0. The minimum atomic E-state index is 0.217. The minimum Gasteiger partial charge on any atom is -0.304 e. The van der Waals surface area contributed by atoms with Gasteiger partial charge in [0.15, 0.2) is 4.77 Å². The molecule has 0 aliphatic rings. The second kappa shape index (κ2) is 4.32. The van der Waals surface area contributed by atoms with Crippen LogP contribution in [-0.4, -0.2) is 14.8 Å². The van der Waals surface area contributed by atoms with Gasteiger partial charge in [0, 0.05) is 13.0 Å². The average molecular weight is 241 g/mol. The second-order valence-corrected chi connectivity index (χ2v) is 7.22. The largest absolute Gasteiger partial charge is 0.304 e. The summed E-state index contributed by atoms with van der Waals surface area (Å²) in [6.07, 6.45) is 0.941. The van der Waals surface area contributed by atoms with Crippen molar-refractivity contribution in [3.05, 3.63) is 10.6 Å². The van der Waals surface area contributed by atoms with Crippen LogP contribution in [0.5, 0.6) is 0 Å². The highest BCUT2D eigenvalue weighted by atomic mass is 32.1. The van der Waals surface area contributed by atoms with E-state index in [1.807, 2.05) is 0 Å². The van der Waals surface area contributed by atoms with Gasteiger partial charge < -0.3 is 4.57 Å². The van der Waals surface area contributed by atoms with Crippen LogP contribution in [0.1, 0.15) is 47.4 Å². The van der Waals surface area contributed by atoms with Crippen LogP contribution in [-0.2, 0) is 13.0 Å². The van der Waals surface area contributed by atoms with Gasteiger partial charge in [0.1, 0.15) is 5.82 Å². The Labute approximate surface area is 103 Å². The Morgan fingerprint density at radius 1 is 1.12 bits per heavy atom. The van der Waals surface area contributed by atoms with E-state index >= 15 is 0 Å². The maximum absolute atomic E-state index is 5.27. The van der Waals surface area contributed by atoms with Crippen molar-refractivity contribution in [1.82, 2.24) is 14.8 Å². The summed E-state index contributed by atoms with van der Waals surface area (Å²) in [5.41, 5.74) is 0.450. The topological polar surface area (TPSA) is 33.6 Å². The fraction of sp³-hybridized carbons (Fsp3) is 0.833. The number of rotatable bonds is 2. The number of H-pyrrole nitrogens is 1. The molecule has 0 amide bonds. The lowest BCUT2D eigenvalue weighted by atomic mass is 9.91. The monoisotopic (exact) mass is 241 g/mol. The van der Waals surface area contributed by atoms with E-state index in [0.717, 1.165) is 23.6 Å². The highest BCUT2D eigenvalue weighted by Gasteiger charge is 2.19. The van der Waals surface area contributed by atoms with Crippen LogP contribution in [0.2, 0.25) is 0 Å². The first-order chi connectivity index (χ1) is 7.08. The van der Waals surface area contributed by atoms with Gasteiger partial charge in [0.2, 0.25) is 0 Å². The lowest BCUT2D eigenvalue weighted by Crippen LogP contribution is -2.20. The molecule has 0 saturated heterocycles. The van der Waals surface area contributed by atoms with Gasteiger partial charge in [-0.1, -0.05) is 41.5 Å². The lowest BCUT2D eigenvalue weighted by molar-refractivity contribution is 0.322. The van der Waals surface area contributed by atoms with Gasteiger partial charge in [-0.15, -0.1) is 0 Å². The molecular weight excluding hydrogens is 218 g/mol. The van der Waals surface area contributed by atoms with Gasteiger partial charge in [-0.2, -0.15) is 5.10 Å². The highest BCUT2D eigenvalue weighted by molar-refractivity contribution is 7.71. The van der Waals surface area contributed by atoms with E-state index in [1.54, 1.807) is 0 Å². The van der Waals surface area contributed by atoms with Crippen LogP contribution in [0.15, 0.2) is 0 Å². The van der Waals surface area contributed by atoms with Gasteiger partial charge in [0.25, 0.3) is 0 Å². The molecule has 1 aromatic rings. The number of aromatic amines is 1. The third-order valence-electron chi connectivity index (χ3n) is 2.16. The van der Waals surface area contributed by atoms with Crippen molar-refractivity contribution in [3.63, 3.8) is 0 Å². The van der Waals surface area contributed by atoms with E-state index in [0.29, 0.717) is 0 Å². The molecule has 1 N–H and O–H groups in total. The molecule has 92 valence electrons. The molecule has 0 radical (unpaired) electrons. The van der Waals surface area contributed by atoms with E-state index in [-0.39, 0.29) is 10.8 Å². The molecule has 0 unspecified atom stereocenters. The Kier molecular flexibility index (Phi) is 3.62. The van der Waals surface area contributed by atoms with Crippen LogP contribution in [0.25, 0.3) is 0 Å². The number of nitrogens with one attached hydrogen (secondary N) is 1. The minimum absolute atomic E-state index is 0.217. The smallest absolute Gasteiger partial charge is 0.195 e. The van der Waals surface area contributed by atoms with Crippen molar-refractivity contribution in [3.8, 4) is 0 Å². The zero-order chi connectivity index (χ0) is 12.6. The Bertz CT molecular complexity index is 401. The van der Waals surface area contributed by atoms with Crippen LogP contribution in [0, 0.1) is 15.6 Å². The third-order valence-corrected chi connectivity index (χ3v) is 2.47. The molecule has 0 saturated carbocycles. The third kappa shape index (κ3) is 4.08. The summed E-state index contributed by atoms with van der Waals surface area (Å²) >= 11 is 5.27. The molecule has 3 nitrogen and oxygen atoms in total. The molecule has 16 heavy (non-hydrogen) atoms. The quantitative estimate of drug-likeness (QED) is 0.803. The fourth-order valence-corrected chi connectivity index (χ4v) is 1.81. The number of hydrogen-bond donors (Lipinski definition) is 1. The molecule has 0 aliphatic heterocycles. The Morgan fingerprint density at radius 2 is 1.69 bits per heavy atom. The molecule has 4 heteroatoms. The molecule has 1 heterocycles. The normalized spacial score (nSPS) is 13.1. The second-order valence-electron chi connectivity index (χ2n) is 6.83. The summed E-state index contributed by atoms with van der Waals surface area (Å²) in [6, 6.07) is 0. The summed E-state index contributed by atoms with van der Waals surface area (Å²) in [6.45, 7) is 14.2. The van der Waals surface area contributed by atoms with Crippen molar-refractivity contribution in [2.24, 2.45) is 10.8 Å². The summed E-state index contributed by atoms with van der Waals surface area (Å²) in [5.74, 6) is 1.06. The van der Waals surface area contributed by atoms with E-state index in [1.165, 1.54) is 0 Å². The first kappa shape index (κ1) is 13.4. The van der Waals surface area contributed by atoms with Gasteiger partial charge in [-0.05, 0) is 23.0 Å². The molecule has 0 atom stereocenters. The zero-order valence-corrected chi connectivity index (χ0v) is 12.0. The van der Waals surface area contributed by atoms with Crippen molar-refractivity contribution in [2.45, 2.75) is 54.5 Å². The molecule has 1 aromatic heterocycles. The van der Waals surface area contributed by atoms with Crippen molar-refractivity contribution in [2.75, 3.05) is 0 Å². The van der Waals surface area contributed by atoms with Crippen molar-refractivity contribution in [1.29, 1.82) is 0 Å². The molecule has 0 aliphatic carbocycles. The maximum Gasteiger partial charge on any atom is 0.195 e. The molecule has 0 aromatic carbocycles. The van der Waals surface area contributed by atoms with Gasteiger partial charge in [-0.3, -0.25) is 5.10 Å².